The molecule has 15 heavy (non-hydrogen) atoms. The second-order valence-corrected chi connectivity index (χ2v) is 3.62. The van der Waals surface area contributed by atoms with Crippen molar-refractivity contribution in [2.45, 2.75) is 26.8 Å². The van der Waals surface area contributed by atoms with Crippen molar-refractivity contribution in [3.05, 3.63) is 40.2 Å². The molecule has 1 aromatic rings. The Kier molecular flexibility index (Phi) is 6.00. The van der Waals surface area contributed by atoms with Gasteiger partial charge in [0.2, 0.25) is 0 Å². The number of carbonyl (C=O) groups is 1. The monoisotopic (exact) mass is 374 g/mol. The van der Waals surface area contributed by atoms with Crippen molar-refractivity contribution in [1.29, 1.82) is 0 Å². The Morgan fingerprint density at radius 3 is 2.27 bits per heavy atom. The van der Waals surface area contributed by atoms with Crippen molar-refractivity contribution in [3.8, 4) is 0 Å². The molecular formula is C12H16NOW-. The van der Waals surface area contributed by atoms with E-state index in [1.807, 2.05) is 25.1 Å². The number of aryl methyl sites for hydroxylation is 2. The van der Waals surface area contributed by atoms with E-state index in [1.54, 1.807) is 14.0 Å². The Morgan fingerprint density at radius 1 is 1.27 bits per heavy atom. The molecule has 1 atom stereocenters. The summed E-state index contributed by atoms with van der Waals surface area (Å²) in [7, 11) is 1.68. The van der Waals surface area contributed by atoms with Crippen LogP contribution in [0.5, 0.6) is 0 Å². The van der Waals surface area contributed by atoms with E-state index in [2.05, 4.69) is 12.2 Å². The molecule has 0 aliphatic heterocycles. The van der Waals surface area contributed by atoms with Gasteiger partial charge in [0.25, 0.3) is 0 Å². The van der Waals surface area contributed by atoms with Crippen molar-refractivity contribution < 1.29 is 25.9 Å². The van der Waals surface area contributed by atoms with Gasteiger partial charge in [-0.2, -0.15) is 7.05 Å². The minimum atomic E-state index is -0.297. The van der Waals surface area contributed by atoms with E-state index in [4.69, 9.17) is 0 Å². The van der Waals surface area contributed by atoms with Crippen molar-refractivity contribution in [2.24, 2.45) is 0 Å². The molecule has 0 N–H and O–H groups in total. The third kappa shape index (κ3) is 3.55. The molecule has 1 aromatic carbocycles. The van der Waals surface area contributed by atoms with Gasteiger partial charge in [0.1, 0.15) is 5.78 Å². The Bertz CT molecular complexity index is 349. The van der Waals surface area contributed by atoms with Gasteiger partial charge >= 0.3 is 0 Å². The molecule has 1 rings (SSSR count). The molecule has 0 heterocycles. The second-order valence-electron chi connectivity index (χ2n) is 3.62. The van der Waals surface area contributed by atoms with Crippen molar-refractivity contribution in [3.63, 3.8) is 0 Å². The number of ketones is 1. The van der Waals surface area contributed by atoms with Crippen LogP contribution in [0.2, 0.25) is 0 Å². The fourth-order valence-corrected chi connectivity index (χ4v) is 1.50. The zero-order valence-corrected chi connectivity index (χ0v) is 12.5. The Balaban J connectivity index is 0.00000196. The Morgan fingerprint density at radius 2 is 1.87 bits per heavy atom. The number of carbonyl (C=O) groups excluding carboxylic acids is 1. The molecule has 0 spiro atoms. The van der Waals surface area contributed by atoms with E-state index in [9.17, 15) is 4.79 Å². The summed E-state index contributed by atoms with van der Waals surface area (Å²) in [5, 5.41) is 4.08. The van der Waals surface area contributed by atoms with E-state index in [-0.39, 0.29) is 32.9 Å². The summed E-state index contributed by atoms with van der Waals surface area (Å²) in [4.78, 5) is 11.3. The second kappa shape index (κ2) is 6.19. The summed E-state index contributed by atoms with van der Waals surface area (Å²) in [5.74, 6) is 0.0933. The van der Waals surface area contributed by atoms with E-state index in [0.29, 0.717) is 0 Å². The number of Topliss-reactive ketones (excluding diaryl/α,β-unsaturated/α-hetero) is 1. The number of benzene rings is 1. The van der Waals surface area contributed by atoms with Crippen LogP contribution in [0.4, 0.5) is 0 Å². The molecular weight excluding hydrogens is 358 g/mol. The fourth-order valence-electron chi connectivity index (χ4n) is 1.50. The van der Waals surface area contributed by atoms with Gasteiger partial charge in [-0.25, -0.2) is 0 Å². The van der Waals surface area contributed by atoms with Gasteiger partial charge in [-0.3, -0.25) is 0 Å². The van der Waals surface area contributed by atoms with Gasteiger partial charge in [0, 0.05) is 21.1 Å². The molecule has 1 unspecified atom stereocenters. The number of hydrogen-bond donors (Lipinski definition) is 0. The van der Waals surface area contributed by atoms with Gasteiger partial charge in [0.05, 0.1) is 0 Å². The quantitative estimate of drug-likeness (QED) is 0.801. The zero-order valence-electron chi connectivity index (χ0n) is 9.57. The molecule has 0 radical (unpaired) electrons. The first kappa shape index (κ1) is 14.5. The molecule has 2 nitrogen and oxygen atoms in total. The smallest absolute Gasteiger partial charge is 0.116 e. The largest absolute Gasteiger partial charge is 0.652 e. The Hall–Kier alpha value is -0.462. The number of hydrogen-bond acceptors (Lipinski definition) is 1. The van der Waals surface area contributed by atoms with E-state index >= 15 is 0 Å². The van der Waals surface area contributed by atoms with Crippen LogP contribution in [0.25, 0.3) is 5.32 Å². The number of nitrogens with zero attached hydrogens (tertiary/aromatic N) is 1. The molecule has 0 saturated carbocycles. The summed E-state index contributed by atoms with van der Waals surface area (Å²) in [6.45, 7) is 5.68. The minimum Gasteiger partial charge on any atom is -0.652 e. The summed E-state index contributed by atoms with van der Waals surface area (Å²) in [6, 6.07) is 5.75. The van der Waals surface area contributed by atoms with Crippen LogP contribution in [0.15, 0.2) is 18.2 Å². The summed E-state index contributed by atoms with van der Waals surface area (Å²) >= 11 is 0. The van der Waals surface area contributed by atoms with Crippen LogP contribution in [-0.2, 0) is 25.9 Å². The van der Waals surface area contributed by atoms with Gasteiger partial charge < -0.3 is 10.1 Å². The fraction of sp³-hybridized carbons (Fsp3) is 0.417. The molecule has 82 valence electrons. The van der Waals surface area contributed by atoms with Crippen LogP contribution in [0, 0.1) is 13.8 Å². The summed E-state index contributed by atoms with van der Waals surface area (Å²) < 4.78 is 0. The molecule has 0 amide bonds. The summed E-state index contributed by atoms with van der Waals surface area (Å²) in [5.41, 5.74) is 3.44. The number of rotatable bonds is 3. The van der Waals surface area contributed by atoms with Crippen molar-refractivity contribution >= 4 is 5.78 Å². The van der Waals surface area contributed by atoms with Crippen LogP contribution in [-0.4, -0.2) is 12.8 Å². The van der Waals surface area contributed by atoms with Gasteiger partial charge in [0.15, 0.2) is 0 Å². The molecule has 0 saturated heterocycles. The maximum Gasteiger partial charge on any atom is 0.116 e. The van der Waals surface area contributed by atoms with Crippen LogP contribution in [0.3, 0.4) is 0 Å². The van der Waals surface area contributed by atoms with Gasteiger partial charge in [-0.15, -0.1) is 0 Å². The van der Waals surface area contributed by atoms with Crippen molar-refractivity contribution in [2.75, 3.05) is 7.05 Å². The maximum atomic E-state index is 11.3. The van der Waals surface area contributed by atoms with E-state index in [0.717, 1.165) is 5.56 Å². The first-order valence-corrected chi connectivity index (χ1v) is 4.72. The topological polar surface area (TPSA) is 31.2 Å². The average Bonchev–Trinajstić information content (AvgIpc) is 2.11. The van der Waals surface area contributed by atoms with Crippen LogP contribution >= 0.6 is 0 Å². The molecule has 0 bridgehead atoms. The van der Waals surface area contributed by atoms with Crippen molar-refractivity contribution in [1.82, 2.24) is 0 Å². The zero-order chi connectivity index (χ0) is 10.7. The third-order valence-electron chi connectivity index (χ3n) is 2.49. The van der Waals surface area contributed by atoms with Crippen LogP contribution in [0.1, 0.15) is 29.7 Å². The SMILES string of the molecule is C[N-]C(C(C)=O)c1ccc(C)c(C)c1.[W]. The van der Waals surface area contributed by atoms with E-state index < -0.39 is 0 Å². The molecule has 0 aliphatic rings. The number of likely N-dealkylation sites (N-methyl/N-ethyl adjacent to an activating group) is 1. The minimum absolute atomic E-state index is 0. The van der Waals surface area contributed by atoms with E-state index in [1.165, 1.54) is 11.1 Å². The van der Waals surface area contributed by atoms with Crippen LogP contribution < -0.4 is 0 Å². The maximum absolute atomic E-state index is 11.3. The predicted octanol–water partition coefficient (Wildman–Crippen LogP) is 2.93. The Labute approximate surface area is 106 Å². The van der Waals surface area contributed by atoms with Gasteiger partial charge in [-0.1, -0.05) is 23.8 Å². The first-order chi connectivity index (χ1) is 6.56. The standard InChI is InChI=1S/C12H16NO.W/c1-8-5-6-11(7-9(8)2)12(13-4)10(3)14;/h5-7,12H,1-4H3;/q-1;. The summed E-state index contributed by atoms with van der Waals surface area (Å²) in [6.07, 6.45) is 0. The average molecular weight is 374 g/mol. The predicted molar refractivity (Wildman–Crippen MR) is 58.6 cm³/mol. The van der Waals surface area contributed by atoms with Gasteiger partial charge in [-0.05, 0) is 37.9 Å². The first-order valence-electron chi connectivity index (χ1n) is 4.72. The molecule has 0 aliphatic carbocycles. The molecule has 3 heteroatoms. The molecule has 0 fully saturated rings. The third-order valence-corrected chi connectivity index (χ3v) is 2.49. The normalized spacial score (nSPS) is 11.7. The molecule has 0 aromatic heterocycles.